The summed E-state index contributed by atoms with van der Waals surface area (Å²) in [4.78, 5) is 0. The number of hydrogen-bond acceptors (Lipinski definition) is 1. The zero-order chi connectivity index (χ0) is 13.0. The van der Waals surface area contributed by atoms with E-state index in [2.05, 4.69) is 28.2 Å². The van der Waals surface area contributed by atoms with E-state index in [1.165, 1.54) is 44.6 Å². The molecule has 1 atom stereocenters. The van der Waals surface area contributed by atoms with Crippen LogP contribution >= 0.6 is 15.9 Å². The molecule has 0 amide bonds. The first-order chi connectivity index (χ1) is 8.66. The minimum Gasteiger partial charge on any atom is -0.307 e. The van der Waals surface area contributed by atoms with Crippen LogP contribution in [0.5, 0.6) is 0 Å². The van der Waals surface area contributed by atoms with Crippen molar-refractivity contribution in [3.05, 3.63) is 34.1 Å². The van der Waals surface area contributed by atoms with Crippen LogP contribution in [0.25, 0.3) is 0 Å². The van der Waals surface area contributed by atoms with Gasteiger partial charge < -0.3 is 5.32 Å². The third-order valence-electron chi connectivity index (χ3n) is 3.77. The molecule has 0 spiro atoms. The van der Waals surface area contributed by atoms with Crippen LogP contribution in [0, 0.1) is 5.82 Å². The van der Waals surface area contributed by atoms with Crippen LogP contribution in [-0.4, -0.2) is 6.04 Å². The summed E-state index contributed by atoms with van der Waals surface area (Å²) in [6.45, 7) is 2.16. The zero-order valence-electron chi connectivity index (χ0n) is 10.9. The first-order valence-corrected chi connectivity index (χ1v) is 7.67. The largest absolute Gasteiger partial charge is 0.307 e. The fraction of sp³-hybridized carbons (Fsp3) is 0.600. The predicted molar refractivity (Wildman–Crippen MR) is 77.1 cm³/mol. The third kappa shape index (κ3) is 3.79. The van der Waals surface area contributed by atoms with Gasteiger partial charge in [0.25, 0.3) is 0 Å². The van der Waals surface area contributed by atoms with Crippen LogP contribution in [0.1, 0.15) is 57.1 Å². The molecule has 0 aromatic heterocycles. The number of benzene rings is 1. The van der Waals surface area contributed by atoms with Gasteiger partial charge in [-0.3, -0.25) is 0 Å². The van der Waals surface area contributed by atoms with Gasteiger partial charge in [-0.1, -0.05) is 47.7 Å². The molecule has 18 heavy (non-hydrogen) atoms. The lowest BCUT2D eigenvalue weighted by atomic mass is 10.0. The average molecular weight is 314 g/mol. The van der Waals surface area contributed by atoms with Crippen molar-refractivity contribution in [1.29, 1.82) is 0 Å². The Morgan fingerprint density at radius 3 is 2.50 bits per heavy atom. The van der Waals surface area contributed by atoms with E-state index in [4.69, 9.17) is 0 Å². The van der Waals surface area contributed by atoms with E-state index in [1.54, 1.807) is 6.07 Å². The van der Waals surface area contributed by atoms with E-state index < -0.39 is 0 Å². The van der Waals surface area contributed by atoms with Crippen LogP contribution in [-0.2, 0) is 0 Å². The Bertz CT molecular complexity index is 386. The molecule has 100 valence electrons. The van der Waals surface area contributed by atoms with Crippen molar-refractivity contribution in [1.82, 2.24) is 5.32 Å². The topological polar surface area (TPSA) is 12.0 Å². The maximum Gasteiger partial charge on any atom is 0.124 e. The Kier molecular flexibility index (Phi) is 5.19. The average Bonchev–Trinajstić information content (AvgIpc) is 2.57. The van der Waals surface area contributed by atoms with E-state index in [9.17, 15) is 4.39 Å². The summed E-state index contributed by atoms with van der Waals surface area (Å²) >= 11 is 3.45. The molecule has 0 bridgehead atoms. The number of nitrogens with one attached hydrogen (secondary N) is 1. The molecule has 1 aliphatic rings. The van der Waals surface area contributed by atoms with Crippen molar-refractivity contribution in [2.24, 2.45) is 0 Å². The number of rotatable bonds is 3. The fourth-order valence-electron chi connectivity index (χ4n) is 2.74. The lowest BCUT2D eigenvalue weighted by molar-refractivity contribution is 0.413. The van der Waals surface area contributed by atoms with Crippen LogP contribution < -0.4 is 5.32 Å². The molecule has 0 radical (unpaired) electrons. The Labute approximate surface area is 117 Å². The van der Waals surface area contributed by atoms with Crippen LogP contribution in [0.4, 0.5) is 4.39 Å². The molecule has 0 saturated heterocycles. The Morgan fingerprint density at radius 1 is 1.22 bits per heavy atom. The molecule has 1 unspecified atom stereocenters. The summed E-state index contributed by atoms with van der Waals surface area (Å²) in [5.41, 5.74) is 1.14. The van der Waals surface area contributed by atoms with E-state index >= 15 is 0 Å². The number of hydrogen-bond donors (Lipinski definition) is 1. The first-order valence-electron chi connectivity index (χ1n) is 6.88. The van der Waals surface area contributed by atoms with Gasteiger partial charge in [0.1, 0.15) is 5.82 Å². The van der Waals surface area contributed by atoms with Crippen LogP contribution in [0.2, 0.25) is 0 Å². The van der Waals surface area contributed by atoms with Gasteiger partial charge in [-0.15, -0.1) is 0 Å². The van der Waals surface area contributed by atoms with Crippen LogP contribution in [0.15, 0.2) is 22.7 Å². The van der Waals surface area contributed by atoms with Crippen molar-refractivity contribution in [3.8, 4) is 0 Å². The van der Waals surface area contributed by atoms with Crippen molar-refractivity contribution < 1.29 is 4.39 Å². The summed E-state index contributed by atoms with van der Waals surface area (Å²) in [5, 5.41) is 3.68. The fourth-order valence-corrected chi connectivity index (χ4v) is 3.44. The third-order valence-corrected chi connectivity index (χ3v) is 4.46. The van der Waals surface area contributed by atoms with E-state index in [1.807, 2.05) is 6.07 Å². The van der Waals surface area contributed by atoms with E-state index in [0.29, 0.717) is 6.04 Å². The second-order valence-corrected chi connectivity index (χ2v) is 6.10. The van der Waals surface area contributed by atoms with Crippen molar-refractivity contribution >= 4 is 15.9 Å². The minimum absolute atomic E-state index is 0.188. The molecule has 1 nitrogen and oxygen atoms in total. The van der Waals surface area contributed by atoms with Gasteiger partial charge in [0.15, 0.2) is 0 Å². The molecule has 1 aromatic carbocycles. The lowest BCUT2D eigenvalue weighted by Crippen LogP contribution is -2.31. The molecule has 0 heterocycles. The smallest absolute Gasteiger partial charge is 0.124 e. The highest BCUT2D eigenvalue weighted by atomic mass is 79.9. The summed E-state index contributed by atoms with van der Waals surface area (Å²) in [6, 6.07) is 5.82. The van der Waals surface area contributed by atoms with Gasteiger partial charge in [-0.2, -0.15) is 0 Å². The molecule has 1 aromatic rings. The number of halogens is 2. The summed E-state index contributed by atoms with van der Waals surface area (Å²) in [6.07, 6.45) is 7.93. The molecule has 1 fully saturated rings. The zero-order valence-corrected chi connectivity index (χ0v) is 12.5. The lowest BCUT2D eigenvalue weighted by Gasteiger charge is -2.23. The monoisotopic (exact) mass is 313 g/mol. The second-order valence-electron chi connectivity index (χ2n) is 5.24. The van der Waals surface area contributed by atoms with E-state index in [-0.39, 0.29) is 11.9 Å². The molecule has 3 heteroatoms. The van der Waals surface area contributed by atoms with Crippen LogP contribution in [0.3, 0.4) is 0 Å². The molecule has 2 rings (SSSR count). The summed E-state index contributed by atoms with van der Waals surface area (Å²) < 4.78 is 13.9. The highest BCUT2D eigenvalue weighted by Gasteiger charge is 2.16. The maximum absolute atomic E-state index is 13.1. The molecular formula is C15H21BrFN. The first kappa shape index (κ1) is 14.0. The van der Waals surface area contributed by atoms with E-state index in [0.717, 1.165) is 10.0 Å². The van der Waals surface area contributed by atoms with Gasteiger partial charge in [0.2, 0.25) is 0 Å². The van der Waals surface area contributed by atoms with Crippen molar-refractivity contribution in [2.45, 2.75) is 57.5 Å². The second kappa shape index (κ2) is 6.67. The Hall–Kier alpha value is -0.410. The quantitative estimate of drug-likeness (QED) is 0.777. The molecule has 0 aliphatic heterocycles. The summed E-state index contributed by atoms with van der Waals surface area (Å²) in [5.74, 6) is -0.188. The van der Waals surface area contributed by atoms with Gasteiger partial charge in [-0.05, 0) is 37.5 Å². The minimum atomic E-state index is -0.188. The Balaban J connectivity index is 1.99. The molecule has 1 N–H and O–H groups in total. The van der Waals surface area contributed by atoms with Gasteiger partial charge in [0.05, 0.1) is 0 Å². The van der Waals surface area contributed by atoms with Gasteiger partial charge in [-0.25, -0.2) is 4.39 Å². The normalized spacial score (nSPS) is 19.5. The van der Waals surface area contributed by atoms with Crippen molar-refractivity contribution in [3.63, 3.8) is 0 Å². The highest BCUT2D eigenvalue weighted by molar-refractivity contribution is 9.10. The van der Waals surface area contributed by atoms with Crippen molar-refractivity contribution in [2.75, 3.05) is 0 Å². The summed E-state index contributed by atoms with van der Waals surface area (Å²) in [7, 11) is 0. The standard InChI is InChI=1S/C15H21BrFN/c1-11(14-9-8-12(17)10-15(14)16)18-13-6-4-2-3-5-7-13/h8-11,13,18H,2-7H2,1H3. The molecular weight excluding hydrogens is 293 g/mol. The van der Waals surface area contributed by atoms with Gasteiger partial charge in [0, 0.05) is 16.6 Å². The van der Waals surface area contributed by atoms with Gasteiger partial charge >= 0.3 is 0 Å². The maximum atomic E-state index is 13.1. The SMILES string of the molecule is CC(NC1CCCCCC1)c1ccc(F)cc1Br. The highest BCUT2D eigenvalue weighted by Crippen LogP contribution is 2.26. The predicted octanol–water partition coefficient (Wildman–Crippen LogP) is 4.96. The molecule has 1 aliphatic carbocycles. The molecule has 1 saturated carbocycles. The Morgan fingerprint density at radius 2 is 1.89 bits per heavy atom.